The highest BCUT2D eigenvalue weighted by Crippen LogP contribution is 2.20. The number of rotatable bonds is 1. The van der Waals surface area contributed by atoms with Crippen LogP contribution in [0.25, 0.3) is 0 Å². The van der Waals surface area contributed by atoms with Crippen LogP contribution >= 0.6 is 11.6 Å². The average Bonchev–Trinajstić information content (AvgIpc) is 2.47. The second-order valence-electron chi connectivity index (χ2n) is 3.37. The lowest BCUT2D eigenvalue weighted by molar-refractivity contribution is -0.118. The molecule has 6 heteroatoms. The smallest absolute Gasteiger partial charge is 0.264 e. The first kappa shape index (κ1) is 9.33. The molecule has 0 aromatic carbocycles. The summed E-state index contributed by atoms with van der Waals surface area (Å²) in [4.78, 5) is 19.0. The molecule has 0 saturated carbocycles. The fourth-order valence-electron chi connectivity index (χ4n) is 1.38. The minimum atomic E-state index is -0.445. The lowest BCUT2D eigenvalue weighted by Gasteiger charge is -2.22. The van der Waals surface area contributed by atoms with Crippen LogP contribution < -0.4 is 0 Å². The van der Waals surface area contributed by atoms with Crippen molar-refractivity contribution in [2.24, 2.45) is 21.0 Å². The zero-order valence-corrected chi connectivity index (χ0v) is 8.56. The third-order valence-electron chi connectivity index (χ3n) is 2.02. The predicted octanol–water partition coefficient (Wildman–Crippen LogP) is 0.846. The molecule has 0 aromatic rings. The highest BCUT2D eigenvalue weighted by molar-refractivity contribution is 6.67. The van der Waals surface area contributed by atoms with E-state index in [1.165, 1.54) is 0 Å². The zero-order chi connectivity index (χ0) is 10.3. The van der Waals surface area contributed by atoms with Crippen molar-refractivity contribution in [3.8, 4) is 0 Å². The van der Waals surface area contributed by atoms with Crippen molar-refractivity contribution < 1.29 is 4.79 Å². The summed E-state index contributed by atoms with van der Waals surface area (Å²) in [6.45, 7) is 3.93. The Morgan fingerprint density at radius 2 is 2.21 bits per heavy atom. The number of aliphatic imine (C=N–C) groups is 2. The van der Waals surface area contributed by atoms with Gasteiger partial charge in [0.05, 0.1) is 0 Å². The maximum absolute atomic E-state index is 11.4. The highest BCUT2D eigenvalue weighted by Gasteiger charge is 2.36. The topological polar surface area (TPSA) is 57.4 Å². The van der Waals surface area contributed by atoms with Crippen molar-refractivity contribution in [3.05, 3.63) is 0 Å². The molecule has 5 nitrogen and oxygen atoms in total. The van der Waals surface area contributed by atoms with Gasteiger partial charge >= 0.3 is 0 Å². The van der Waals surface area contributed by atoms with Crippen LogP contribution in [0, 0.1) is 5.92 Å². The van der Waals surface area contributed by atoms with E-state index in [1.807, 2.05) is 13.8 Å². The number of nitrogens with zero attached hydrogens (tertiary/aromatic N) is 4. The monoisotopic (exact) mass is 212 g/mol. The first-order valence-corrected chi connectivity index (χ1v) is 4.67. The molecule has 14 heavy (non-hydrogen) atoms. The molecular weight excluding hydrogens is 204 g/mol. The second-order valence-corrected chi connectivity index (χ2v) is 3.71. The molecule has 0 bridgehead atoms. The van der Waals surface area contributed by atoms with Gasteiger partial charge in [-0.25, -0.2) is 10.0 Å². The lowest BCUT2D eigenvalue weighted by Crippen LogP contribution is -2.37. The molecule has 2 aliphatic heterocycles. The van der Waals surface area contributed by atoms with Crippen LogP contribution in [0.2, 0.25) is 0 Å². The number of hydrogen-bond acceptors (Lipinski definition) is 4. The standard InChI is InChI=1S/C8H9ClN4O/c1-4(2)13-6-5(3-10-13)7(14)12-8(9)11-6/h3-5H,1-2H3. The Hall–Kier alpha value is -1.23. The van der Waals surface area contributed by atoms with E-state index in [0.29, 0.717) is 5.84 Å². The van der Waals surface area contributed by atoms with Gasteiger partial charge in [-0.2, -0.15) is 10.1 Å². The SMILES string of the molecule is CC(C)N1N=CC2C(=O)N=C(Cl)N=C21. The highest BCUT2D eigenvalue weighted by atomic mass is 35.5. The summed E-state index contributed by atoms with van der Waals surface area (Å²) in [7, 11) is 0. The van der Waals surface area contributed by atoms with Gasteiger partial charge in [0.15, 0.2) is 0 Å². The van der Waals surface area contributed by atoms with E-state index in [2.05, 4.69) is 15.1 Å². The minimum Gasteiger partial charge on any atom is -0.271 e. The number of carbonyl (C=O) groups is 1. The van der Waals surface area contributed by atoms with E-state index in [4.69, 9.17) is 11.6 Å². The van der Waals surface area contributed by atoms with Gasteiger partial charge < -0.3 is 0 Å². The van der Waals surface area contributed by atoms with Gasteiger partial charge in [0.2, 0.25) is 5.29 Å². The number of fused-ring (bicyclic) bond motifs is 1. The predicted molar refractivity (Wildman–Crippen MR) is 54.7 cm³/mol. The van der Waals surface area contributed by atoms with Crippen LogP contribution in [0.3, 0.4) is 0 Å². The maximum Gasteiger partial charge on any atom is 0.264 e. The van der Waals surface area contributed by atoms with Crippen molar-refractivity contribution in [1.82, 2.24) is 5.01 Å². The van der Waals surface area contributed by atoms with Crippen molar-refractivity contribution in [2.75, 3.05) is 0 Å². The van der Waals surface area contributed by atoms with Gasteiger partial charge in [0.25, 0.3) is 5.91 Å². The molecule has 0 radical (unpaired) electrons. The van der Waals surface area contributed by atoms with Crippen molar-refractivity contribution in [2.45, 2.75) is 19.9 Å². The van der Waals surface area contributed by atoms with E-state index in [1.54, 1.807) is 11.2 Å². The van der Waals surface area contributed by atoms with Crippen LogP contribution in [0.15, 0.2) is 15.1 Å². The number of halogens is 1. The molecule has 0 fully saturated rings. The molecule has 0 aromatic heterocycles. The number of amides is 1. The Kier molecular flexibility index (Phi) is 2.11. The van der Waals surface area contributed by atoms with E-state index < -0.39 is 5.92 Å². The molecule has 74 valence electrons. The van der Waals surface area contributed by atoms with E-state index in [0.717, 1.165) is 0 Å². The Labute approximate surface area is 86.2 Å². The first-order chi connectivity index (χ1) is 6.59. The van der Waals surface area contributed by atoms with E-state index in [-0.39, 0.29) is 17.2 Å². The summed E-state index contributed by atoms with van der Waals surface area (Å²) in [5, 5.41) is 5.75. The molecule has 0 N–H and O–H groups in total. The number of amidine groups is 2. The van der Waals surface area contributed by atoms with Gasteiger partial charge in [0, 0.05) is 12.3 Å². The first-order valence-electron chi connectivity index (χ1n) is 4.29. The van der Waals surface area contributed by atoms with Gasteiger partial charge in [0.1, 0.15) is 11.8 Å². The van der Waals surface area contributed by atoms with Crippen LogP contribution in [-0.4, -0.2) is 34.3 Å². The normalized spacial score (nSPS) is 25.3. The van der Waals surface area contributed by atoms with E-state index >= 15 is 0 Å². The largest absolute Gasteiger partial charge is 0.271 e. The third kappa shape index (κ3) is 1.33. The van der Waals surface area contributed by atoms with Gasteiger partial charge in [-0.3, -0.25) is 4.79 Å². The zero-order valence-electron chi connectivity index (χ0n) is 7.81. The molecular formula is C8H9ClN4O. The Morgan fingerprint density at radius 1 is 1.50 bits per heavy atom. The van der Waals surface area contributed by atoms with Crippen LogP contribution in [0.1, 0.15) is 13.8 Å². The Morgan fingerprint density at radius 3 is 2.86 bits per heavy atom. The van der Waals surface area contributed by atoms with Gasteiger partial charge in [-0.1, -0.05) is 0 Å². The second kappa shape index (κ2) is 3.16. The summed E-state index contributed by atoms with van der Waals surface area (Å²) in [6, 6.07) is 0.158. The van der Waals surface area contributed by atoms with Crippen molar-refractivity contribution in [1.29, 1.82) is 0 Å². The minimum absolute atomic E-state index is 0.0163. The molecule has 2 rings (SSSR count). The average molecular weight is 213 g/mol. The number of hydrazone groups is 1. The van der Waals surface area contributed by atoms with Crippen LogP contribution in [-0.2, 0) is 4.79 Å². The lowest BCUT2D eigenvalue weighted by atomic mass is 10.1. The maximum atomic E-state index is 11.4. The number of hydrogen-bond donors (Lipinski definition) is 0. The van der Waals surface area contributed by atoms with Crippen LogP contribution in [0.5, 0.6) is 0 Å². The molecule has 1 atom stereocenters. The quantitative estimate of drug-likeness (QED) is 0.605. The fraction of sp³-hybridized carbons (Fsp3) is 0.500. The molecule has 1 unspecified atom stereocenters. The summed E-state index contributed by atoms with van der Waals surface area (Å²) < 4.78 is 0. The molecule has 0 saturated heterocycles. The third-order valence-corrected chi connectivity index (χ3v) is 2.19. The summed E-state index contributed by atoms with van der Waals surface area (Å²) in [6.07, 6.45) is 1.55. The summed E-state index contributed by atoms with van der Waals surface area (Å²) in [5.74, 6) is -0.170. The Balaban J connectivity index is 2.37. The van der Waals surface area contributed by atoms with Gasteiger partial charge in [-0.05, 0) is 25.4 Å². The van der Waals surface area contributed by atoms with E-state index in [9.17, 15) is 4.79 Å². The molecule has 2 heterocycles. The molecule has 2 aliphatic rings. The molecule has 1 amide bonds. The summed E-state index contributed by atoms with van der Waals surface area (Å²) in [5.41, 5.74) is 0. The fourth-order valence-corrected chi connectivity index (χ4v) is 1.55. The Bertz CT molecular complexity index is 372. The summed E-state index contributed by atoms with van der Waals surface area (Å²) >= 11 is 5.61. The van der Waals surface area contributed by atoms with Gasteiger partial charge in [-0.15, -0.1) is 0 Å². The van der Waals surface area contributed by atoms with Crippen LogP contribution in [0.4, 0.5) is 0 Å². The van der Waals surface area contributed by atoms with Crippen molar-refractivity contribution >= 4 is 34.9 Å². The van der Waals surface area contributed by atoms with Crippen molar-refractivity contribution in [3.63, 3.8) is 0 Å². The molecule has 0 aliphatic carbocycles. The molecule has 0 spiro atoms. The number of carbonyl (C=O) groups excluding carboxylic acids is 1.